The number of nitrogens with one attached hydrogen (secondary N) is 1. The summed E-state index contributed by atoms with van der Waals surface area (Å²) >= 11 is 7.74. The predicted molar refractivity (Wildman–Crippen MR) is 134 cm³/mol. The molecule has 0 radical (unpaired) electrons. The number of fused-ring (bicyclic) bond motifs is 1. The molecule has 4 rings (SSSR count). The zero-order valence-corrected chi connectivity index (χ0v) is 19.6. The third-order valence-corrected chi connectivity index (χ3v) is 6.18. The maximum absolute atomic E-state index is 12.4. The lowest BCUT2D eigenvalue weighted by atomic mass is 10.2. The van der Waals surface area contributed by atoms with Gasteiger partial charge in [0.1, 0.15) is 5.75 Å². The van der Waals surface area contributed by atoms with E-state index in [1.165, 1.54) is 11.8 Å². The summed E-state index contributed by atoms with van der Waals surface area (Å²) in [5.74, 6) is 0.778. The van der Waals surface area contributed by atoms with Crippen molar-refractivity contribution in [3.05, 3.63) is 88.9 Å². The van der Waals surface area contributed by atoms with Crippen LogP contribution in [-0.2, 0) is 11.3 Å². The van der Waals surface area contributed by atoms with E-state index in [4.69, 9.17) is 21.3 Å². The van der Waals surface area contributed by atoms with Crippen molar-refractivity contribution in [3.8, 4) is 5.75 Å². The maximum atomic E-state index is 12.4. The molecule has 0 fully saturated rings. The Kier molecular flexibility index (Phi) is 7.65. The highest BCUT2D eigenvalue weighted by Gasteiger charge is 2.14. The average molecular weight is 479 g/mol. The van der Waals surface area contributed by atoms with E-state index in [0.29, 0.717) is 18.2 Å². The van der Waals surface area contributed by atoms with E-state index in [-0.39, 0.29) is 11.7 Å². The summed E-state index contributed by atoms with van der Waals surface area (Å²) in [5, 5.41) is 5.50. The van der Waals surface area contributed by atoms with Gasteiger partial charge < -0.3 is 9.30 Å². The standard InChI is InChI=1S/C25H23ClN4O2S/c1-2-32-20-13-11-18(12-14-20)15-27-29-24(31)17-33-25-28-22-9-5-6-10-23(22)30(25)16-19-7-3-4-8-21(19)26/h3-15H,2,16-17H2,1H3,(H,29,31). The molecule has 1 amide bonds. The minimum absolute atomic E-state index is 0.187. The molecule has 1 N–H and O–H groups in total. The maximum Gasteiger partial charge on any atom is 0.250 e. The molecule has 0 aliphatic carbocycles. The molecular formula is C25H23ClN4O2S. The summed E-state index contributed by atoms with van der Waals surface area (Å²) < 4.78 is 7.50. The molecule has 0 saturated heterocycles. The fourth-order valence-electron chi connectivity index (χ4n) is 3.27. The van der Waals surface area contributed by atoms with Crippen molar-refractivity contribution in [2.45, 2.75) is 18.6 Å². The fraction of sp³-hybridized carbons (Fsp3) is 0.160. The molecule has 6 nitrogen and oxygen atoms in total. The van der Waals surface area contributed by atoms with Crippen LogP contribution in [0.2, 0.25) is 5.02 Å². The lowest BCUT2D eigenvalue weighted by Crippen LogP contribution is -2.20. The normalized spacial score (nSPS) is 11.2. The minimum atomic E-state index is -0.210. The molecule has 0 aliphatic rings. The molecule has 0 unspecified atom stereocenters. The van der Waals surface area contributed by atoms with Gasteiger partial charge in [0.05, 0.1) is 36.2 Å². The molecule has 4 aromatic rings. The number of ether oxygens (including phenoxy) is 1. The van der Waals surface area contributed by atoms with Gasteiger partial charge in [-0.05, 0) is 60.5 Å². The Balaban J connectivity index is 1.41. The minimum Gasteiger partial charge on any atom is -0.494 e. The smallest absolute Gasteiger partial charge is 0.250 e. The van der Waals surface area contributed by atoms with Gasteiger partial charge >= 0.3 is 0 Å². The number of benzene rings is 3. The van der Waals surface area contributed by atoms with Crippen LogP contribution in [0.15, 0.2) is 83.1 Å². The largest absolute Gasteiger partial charge is 0.494 e. The number of carbonyl (C=O) groups is 1. The summed E-state index contributed by atoms with van der Waals surface area (Å²) in [4.78, 5) is 17.1. The zero-order valence-electron chi connectivity index (χ0n) is 18.1. The molecule has 168 valence electrons. The van der Waals surface area contributed by atoms with Crippen LogP contribution >= 0.6 is 23.4 Å². The summed E-state index contributed by atoms with van der Waals surface area (Å²) in [6.45, 7) is 3.13. The van der Waals surface area contributed by atoms with Gasteiger partial charge in [-0.2, -0.15) is 5.10 Å². The number of halogens is 1. The third-order valence-electron chi connectivity index (χ3n) is 4.83. The Labute approximate surface area is 201 Å². The number of hydrogen-bond donors (Lipinski definition) is 1. The lowest BCUT2D eigenvalue weighted by Gasteiger charge is -2.10. The summed E-state index contributed by atoms with van der Waals surface area (Å²) in [6.07, 6.45) is 1.60. The van der Waals surface area contributed by atoms with Crippen LogP contribution in [0.3, 0.4) is 0 Å². The van der Waals surface area contributed by atoms with Gasteiger partial charge in [0.2, 0.25) is 0 Å². The topological polar surface area (TPSA) is 68.5 Å². The second kappa shape index (κ2) is 11.0. The lowest BCUT2D eigenvalue weighted by molar-refractivity contribution is -0.118. The van der Waals surface area contributed by atoms with E-state index < -0.39 is 0 Å². The van der Waals surface area contributed by atoms with Crippen molar-refractivity contribution >= 4 is 46.5 Å². The molecule has 3 aromatic carbocycles. The van der Waals surface area contributed by atoms with Gasteiger partial charge in [-0.3, -0.25) is 4.79 Å². The molecule has 0 bridgehead atoms. The molecule has 0 saturated carbocycles. The van der Waals surface area contributed by atoms with E-state index in [9.17, 15) is 4.79 Å². The van der Waals surface area contributed by atoms with Crippen LogP contribution in [0, 0.1) is 0 Å². The molecule has 1 aromatic heterocycles. The van der Waals surface area contributed by atoms with Crippen LogP contribution < -0.4 is 10.2 Å². The predicted octanol–water partition coefficient (Wildman–Crippen LogP) is 5.38. The van der Waals surface area contributed by atoms with Crippen LogP contribution in [0.5, 0.6) is 5.75 Å². The molecular weight excluding hydrogens is 456 g/mol. The monoisotopic (exact) mass is 478 g/mol. The first-order valence-corrected chi connectivity index (χ1v) is 11.9. The molecule has 8 heteroatoms. The molecule has 0 spiro atoms. The van der Waals surface area contributed by atoms with Gasteiger partial charge in [-0.15, -0.1) is 0 Å². The second-order valence-corrected chi connectivity index (χ2v) is 8.49. The van der Waals surface area contributed by atoms with Crippen molar-refractivity contribution in [2.75, 3.05) is 12.4 Å². The van der Waals surface area contributed by atoms with Gasteiger partial charge in [-0.25, -0.2) is 10.4 Å². The summed E-state index contributed by atoms with van der Waals surface area (Å²) in [5.41, 5.74) is 6.31. The van der Waals surface area contributed by atoms with Crippen LogP contribution in [-0.4, -0.2) is 34.0 Å². The zero-order chi connectivity index (χ0) is 23.0. The number of rotatable bonds is 9. The second-order valence-electron chi connectivity index (χ2n) is 7.14. The first kappa shape index (κ1) is 22.9. The fourth-order valence-corrected chi connectivity index (χ4v) is 4.27. The van der Waals surface area contributed by atoms with Gasteiger partial charge in [-0.1, -0.05) is 53.7 Å². The number of hydrazone groups is 1. The Hall–Kier alpha value is -3.29. The molecule has 33 heavy (non-hydrogen) atoms. The number of para-hydroxylation sites is 2. The van der Waals surface area contributed by atoms with Crippen LogP contribution in [0.25, 0.3) is 11.0 Å². The van der Waals surface area contributed by atoms with E-state index in [0.717, 1.165) is 33.1 Å². The van der Waals surface area contributed by atoms with Gasteiger partial charge in [0, 0.05) is 5.02 Å². The number of aromatic nitrogens is 2. The Bertz CT molecular complexity index is 1270. The number of thioether (sulfide) groups is 1. The van der Waals surface area contributed by atoms with Crippen LogP contribution in [0.4, 0.5) is 0 Å². The van der Waals surface area contributed by atoms with Crippen molar-refractivity contribution in [2.24, 2.45) is 5.10 Å². The number of carbonyl (C=O) groups excluding carboxylic acids is 1. The third kappa shape index (κ3) is 5.94. The Morgan fingerprint density at radius 3 is 2.67 bits per heavy atom. The quantitative estimate of drug-likeness (QED) is 0.199. The highest BCUT2D eigenvalue weighted by atomic mass is 35.5. The first-order valence-electron chi connectivity index (χ1n) is 10.5. The van der Waals surface area contributed by atoms with E-state index in [1.54, 1.807) is 6.21 Å². The van der Waals surface area contributed by atoms with Crippen molar-refractivity contribution in [1.29, 1.82) is 0 Å². The molecule has 0 atom stereocenters. The van der Waals surface area contributed by atoms with Crippen molar-refractivity contribution in [3.63, 3.8) is 0 Å². The summed E-state index contributed by atoms with van der Waals surface area (Å²) in [7, 11) is 0. The number of hydrogen-bond acceptors (Lipinski definition) is 5. The van der Waals surface area contributed by atoms with Crippen LogP contribution in [0.1, 0.15) is 18.1 Å². The van der Waals surface area contributed by atoms with E-state index in [1.807, 2.05) is 79.7 Å². The molecule has 1 heterocycles. The van der Waals surface area contributed by atoms with E-state index in [2.05, 4.69) is 15.1 Å². The Morgan fingerprint density at radius 2 is 1.88 bits per heavy atom. The first-order chi connectivity index (χ1) is 16.1. The van der Waals surface area contributed by atoms with Gasteiger partial charge in [0.25, 0.3) is 5.91 Å². The van der Waals surface area contributed by atoms with Gasteiger partial charge in [0.15, 0.2) is 5.16 Å². The van der Waals surface area contributed by atoms with Crippen molar-refractivity contribution in [1.82, 2.24) is 15.0 Å². The summed E-state index contributed by atoms with van der Waals surface area (Å²) in [6, 6.07) is 23.1. The Morgan fingerprint density at radius 1 is 1.12 bits per heavy atom. The molecule has 0 aliphatic heterocycles. The number of nitrogens with zero attached hydrogens (tertiary/aromatic N) is 3. The van der Waals surface area contributed by atoms with E-state index >= 15 is 0 Å². The SMILES string of the molecule is CCOc1ccc(C=NNC(=O)CSc2nc3ccccc3n2Cc2ccccc2Cl)cc1. The number of amides is 1. The average Bonchev–Trinajstić information content (AvgIpc) is 3.18. The highest BCUT2D eigenvalue weighted by Crippen LogP contribution is 2.27. The number of imidazole rings is 1. The van der Waals surface area contributed by atoms with Crippen molar-refractivity contribution < 1.29 is 9.53 Å². The highest BCUT2D eigenvalue weighted by molar-refractivity contribution is 7.99.